The summed E-state index contributed by atoms with van der Waals surface area (Å²) < 4.78 is 33.0. The number of hydrogen-bond donors (Lipinski definition) is 0. The molecule has 4 rings (SSSR count). The van der Waals surface area contributed by atoms with E-state index in [1.807, 2.05) is 0 Å². The lowest BCUT2D eigenvalue weighted by atomic mass is 9.96. The van der Waals surface area contributed by atoms with Crippen LogP contribution in [-0.2, 0) is 24.3 Å². The molecule has 0 radical (unpaired) electrons. The van der Waals surface area contributed by atoms with Gasteiger partial charge in [0.1, 0.15) is 12.6 Å². The Balaban J connectivity index is 1.73. The molecule has 0 aromatic heterocycles. The molecule has 0 N–H and O–H groups in total. The van der Waals surface area contributed by atoms with Gasteiger partial charge < -0.3 is 14.5 Å². The van der Waals surface area contributed by atoms with Gasteiger partial charge in [0.2, 0.25) is 21.8 Å². The molecule has 1 atom stereocenters. The van der Waals surface area contributed by atoms with Crippen LogP contribution in [0.4, 0.5) is 11.4 Å². The summed E-state index contributed by atoms with van der Waals surface area (Å²) in [5, 5.41) is 0. The maximum Gasteiger partial charge on any atom is 0.250 e. The molecule has 0 saturated carbocycles. The molecule has 0 unspecified atom stereocenters. The third-order valence-corrected chi connectivity index (χ3v) is 8.65. The summed E-state index contributed by atoms with van der Waals surface area (Å²) >= 11 is 0. The molecule has 1 aromatic rings. The fraction of sp³-hybridized carbons (Fsp3) is 0.636. The number of fused-ring (bicyclic) bond motifs is 3. The minimum Gasteiger partial charge on any atom is -0.378 e. The van der Waals surface area contributed by atoms with Gasteiger partial charge in [-0.15, -0.1) is 0 Å². The lowest BCUT2D eigenvalue weighted by molar-refractivity contribution is -0.135. The lowest BCUT2D eigenvalue weighted by Crippen LogP contribution is -2.57. The average Bonchev–Trinajstić information content (AvgIpc) is 2.82. The Hall–Kier alpha value is -2.17. The van der Waals surface area contributed by atoms with Crippen molar-refractivity contribution >= 4 is 33.2 Å². The number of morpholine rings is 1. The van der Waals surface area contributed by atoms with Gasteiger partial charge in [-0.05, 0) is 37.5 Å². The molecule has 1 aromatic carbocycles. The zero-order valence-corrected chi connectivity index (χ0v) is 19.6. The van der Waals surface area contributed by atoms with Gasteiger partial charge in [0.25, 0.3) is 0 Å². The zero-order valence-electron chi connectivity index (χ0n) is 18.8. The van der Waals surface area contributed by atoms with Crippen LogP contribution in [0.15, 0.2) is 23.1 Å². The summed E-state index contributed by atoms with van der Waals surface area (Å²) in [7, 11) is -3.69. The summed E-state index contributed by atoms with van der Waals surface area (Å²) in [5.74, 6) is -0.273. The predicted octanol–water partition coefficient (Wildman–Crippen LogP) is 1.28. The number of hydrogen-bond acceptors (Lipinski definition) is 6. The quantitative estimate of drug-likeness (QED) is 0.630. The first kappa shape index (κ1) is 23.0. The molecule has 3 heterocycles. The first-order valence-corrected chi connectivity index (χ1v) is 12.9. The number of amides is 2. The van der Waals surface area contributed by atoms with E-state index in [9.17, 15) is 18.0 Å². The van der Waals surface area contributed by atoms with Crippen LogP contribution in [0.3, 0.4) is 0 Å². The second-order valence-electron chi connectivity index (χ2n) is 8.36. The summed E-state index contributed by atoms with van der Waals surface area (Å²) in [6, 6.07) is 4.68. The molecule has 0 bridgehead atoms. The molecular formula is C22H32N4O5S. The highest BCUT2D eigenvalue weighted by molar-refractivity contribution is 7.89. The Morgan fingerprint density at radius 3 is 2.50 bits per heavy atom. The molecule has 2 amide bonds. The van der Waals surface area contributed by atoms with Crippen LogP contribution in [0.25, 0.3) is 0 Å². The Kier molecular flexibility index (Phi) is 6.73. The van der Waals surface area contributed by atoms with Crippen LogP contribution >= 0.6 is 0 Å². The molecule has 2 fully saturated rings. The van der Waals surface area contributed by atoms with Crippen LogP contribution in [0, 0.1) is 0 Å². The molecule has 3 aliphatic heterocycles. The molecule has 10 heteroatoms. The number of sulfonamides is 1. The van der Waals surface area contributed by atoms with Crippen molar-refractivity contribution in [1.29, 1.82) is 0 Å². The van der Waals surface area contributed by atoms with Gasteiger partial charge in [0.05, 0.1) is 29.5 Å². The smallest absolute Gasteiger partial charge is 0.250 e. The largest absolute Gasteiger partial charge is 0.378 e. The van der Waals surface area contributed by atoms with Crippen molar-refractivity contribution in [3.05, 3.63) is 18.2 Å². The topological polar surface area (TPSA) is 90.5 Å². The summed E-state index contributed by atoms with van der Waals surface area (Å²) in [6.45, 7) is 6.95. The first-order chi connectivity index (χ1) is 15.4. The van der Waals surface area contributed by atoms with E-state index in [1.54, 1.807) is 36.9 Å². The Labute approximate surface area is 189 Å². The minimum atomic E-state index is -3.69. The first-order valence-electron chi connectivity index (χ1n) is 11.5. The van der Waals surface area contributed by atoms with Gasteiger partial charge in [0.15, 0.2) is 0 Å². The van der Waals surface area contributed by atoms with Gasteiger partial charge in [-0.2, -0.15) is 4.31 Å². The maximum absolute atomic E-state index is 13.5. The average molecular weight is 465 g/mol. The number of ether oxygens (including phenoxy) is 1. The summed E-state index contributed by atoms with van der Waals surface area (Å²) in [4.78, 5) is 31.9. The van der Waals surface area contributed by atoms with E-state index in [-0.39, 0.29) is 29.3 Å². The SMILES string of the molecule is CCN(CC)S(=O)(=O)c1ccc2c(c1)N(CC(=O)N1CCOCC1)C(=O)[C@@H]1CCCCN21. The van der Waals surface area contributed by atoms with E-state index in [2.05, 4.69) is 4.90 Å². The van der Waals surface area contributed by atoms with E-state index < -0.39 is 10.0 Å². The molecule has 32 heavy (non-hydrogen) atoms. The van der Waals surface area contributed by atoms with Crippen molar-refractivity contribution < 1.29 is 22.7 Å². The number of anilines is 2. The lowest BCUT2D eigenvalue weighted by Gasteiger charge is -2.45. The molecule has 3 aliphatic rings. The highest BCUT2D eigenvalue weighted by Gasteiger charge is 2.41. The number of rotatable bonds is 6. The fourth-order valence-corrected chi connectivity index (χ4v) is 6.30. The number of carbonyl (C=O) groups is 2. The van der Waals surface area contributed by atoms with Gasteiger partial charge in [0, 0.05) is 32.7 Å². The predicted molar refractivity (Wildman–Crippen MR) is 121 cm³/mol. The molecular weight excluding hydrogens is 432 g/mol. The van der Waals surface area contributed by atoms with Crippen molar-refractivity contribution in [1.82, 2.24) is 9.21 Å². The van der Waals surface area contributed by atoms with E-state index in [0.717, 1.165) is 31.5 Å². The van der Waals surface area contributed by atoms with E-state index in [0.29, 0.717) is 45.1 Å². The van der Waals surface area contributed by atoms with Crippen LogP contribution in [-0.4, -0.2) is 88.0 Å². The highest BCUT2D eigenvalue weighted by atomic mass is 32.2. The maximum atomic E-state index is 13.5. The van der Waals surface area contributed by atoms with Crippen molar-refractivity contribution in [2.75, 3.05) is 62.3 Å². The van der Waals surface area contributed by atoms with E-state index in [4.69, 9.17) is 4.74 Å². The van der Waals surface area contributed by atoms with Gasteiger partial charge in [-0.25, -0.2) is 8.42 Å². The molecule has 9 nitrogen and oxygen atoms in total. The van der Waals surface area contributed by atoms with Crippen LogP contribution < -0.4 is 9.80 Å². The Morgan fingerprint density at radius 1 is 1.09 bits per heavy atom. The standard InChI is InChI=1S/C22H32N4O5S/c1-3-24(4-2)32(29,30)17-8-9-18-20(15-17)26(16-21(27)23-11-13-31-14-12-23)22(28)19-7-5-6-10-25(18)19/h8-9,15,19H,3-7,10-14,16H2,1-2H3/t19-/m0/s1. The van der Waals surface area contributed by atoms with Crippen molar-refractivity contribution in [3.8, 4) is 0 Å². The molecule has 176 valence electrons. The van der Waals surface area contributed by atoms with Gasteiger partial charge >= 0.3 is 0 Å². The molecule has 2 saturated heterocycles. The highest BCUT2D eigenvalue weighted by Crippen LogP contribution is 2.41. The van der Waals surface area contributed by atoms with Crippen LogP contribution in [0.5, 0.6) is 0 Å². The second kappa shape index (κ2) is 9.36. The van der Waals surface area contributed by atoms with Crippen LogP contribution in [0.2, 0.25) is 0 Å². The Bertz CT molecular complexity index is 973. The third-order valence-electron chi connectivity index (χ3n) is 6.60. The zero-order chi connectivity index (χ0) is 22.9. The number of piperidine rings is 1. The normalized spacial score (nSPS) is 21.5. The monoisotopic (exact) mass is 464 g/mol. The summed E-state index contributed by atoms with van der Waals surface area (Å²) in [5.41, 5.74) is 1.32. The van der Waals surface area contributed by atoms with Crippen molar-refractivity contribution in [2.24, 2.45) is 0 Å². The number of nitrogens with zero attached hydrogens (tertiary/aromatic N) is 4. The van der Waals surface area contributed by atoms with Crippen molar-refractivity contribution in [2.45, 2.75) is 44.0 Å². The summed E-state index contributed by atoms with van der Waals surface area (Å²) in [6.07, 6.45) is 2.68. The van der Waals surface area contributed by atoms with Gasteiger partial charge in [-0.1, -0.05) is 13.8 Å². The Morgan fingerprint density at radius 2 is 1.81 bits per heavy atom. The molecule has 0 spiro atoms. The second-order valence-corrected chi connectivity index (χ2v) is 10.3. The van der Waals surface area contributed by atoms with Crippen molar-refractivity contribution in [3.63, 3.8) is 0 Å². The van der Waals surface area contributed by atoms with E-state index >= 15 is 0 Å². The van der Waals surface area contributed by atoms with Gasteiger partial charge in [-0.3, -0.25) is 14.5 Å². The minimum absolute atomic E-state index is 0.0923. The third kappa shape index (κ3) is 4.11. The number of carbonyl (C=O) groups excluding carboxylic acids is 2. The fourth-order valence-electron chi connectivity index (χ4n) is 4.82. The van der Waals surface area contributed by atoms with E-state index in [1.165, 1.54) is 9.21 Å². The van der Waals surface area contributed by atoms with Crippen LogP contribution in [0.1, 0.15) is 33.1 Å². The molecule has 0 aliphatic carbocycles. The number of benzene rings is 1.